The highest BCUT2D eigenvalue weighted by Crippen LogP contribution is 2.27. The Bertz CT molecular complexity index is 822. The van der Waals surface area contributed by atoms with E-state index in [9.17, 15) is 0 Å². The van der Waals surface area contributed by atoms with Crippen LogP contribution in [0.1, 0.15) is 23.7 Å². The zero-order valence-electron chi connectivity index (χ0n) is 11.1. The second-order valence-corrected chi connectivity index (χ2v) is 5.24. The van der Waals surface area contributed by atoms with E-state index in [0.29, 0.717) is 5.56 Å². The fourth-order valence-corrected chi connectivity index (χ4v) is 2.34. The summed E-state index contributed by atoms with van der Waals surface area (Å²) < 4.78 is 3.62. The molecule has 1 unspecified atom stereocenters. The molecule has 0 saturated carbocycles. The second-order valence-electron chi connectivity index (χ2n) is 4.58. The van der Waals surface area contributed by atoms with E-state index in [1.165, 1.54) is 0 Å². The van der Waals surface area contributed by atoms with Gasteiger partial charge in [0.15, 0.2) is 5.82 Å². The molecule has 0 radical (unpaired) electrons. The first-order valence-electron chi connectivity index (χ1n) is 6.16. The molecule has 100 valence electrons. The average Bonchev–Trinajstić information content (AvgIpc) is 3.00. The molecule has 3 aromatic rings. The number of rotatable bonds is 2. The average molecular weight is 286 g/mol. The second kappa shape index (κ2) is 4.66. The summed E-state index contributed by atoms with van der Waals surface area (Å²) in [4.78, 5) is 4.55. The highest BCUT2D eigenvalue weighted by Gasteiger charge is 2.18. The van der Waals surface area contributed by atoms with Gasteiger partial charge in [-0.1, -0.05) is 0 Å². The third-order valence-electron chi connectivity index (χ3n) is 3.09. The van der Waals surface area contributed by atoms with E-state index < -0.39 is 0 Å². The standard InChI is InChI=1S/C14H12ClN5/c1-9(15)14-17-11-4-3-10(8-16)7-12(11)20(14)13-5-6-19(2)18-13/h3-7,9H,1-2H3. The molecule has 3 rings (SSSR count). The van der Waals surface area contributed by atoms with Gasteiger partial charge in [0.05, 0.1) is 28.0 Å². The van der Waals surface area contributed by atoms with Crippen LogP contribution >= 0.6 is 11.6 Å². The van der Waals surface area contributed by atoms with Crippen molar-refractivity contribution in [2.45, 2.75) is 12.3 Å². The van der Waals surface area contributed by atoms with Crippen LogP contribution in [0.25, 0.3) is 16.9 Å². The number of nitrogens with zero attached hydrogens (tertiary/aromatic N) is 5. The highest BCUT2D eigenvalue weighted by molar-refractivity contribution is 6.20. The van der Waals surface area contributed by atoms with Crippen molar-refractivity contribution in [1.29, 1.82) is 5.26 Å². The van der Waals surface area contributed by atoms with Gasteiger partial charge in [-0.2, -0.15) is 10.4 Å². The first-order chi connectivity index (χ1) is 9.60. The molecule has 0 amide bonds. The molecule has 0 aliphatic carbocycles. The smallest absolute Gasteiger partial charge is 0.160 e. The van der Waals surface area contributed by atoms with Crippen LogP contribution in [-0.4, -0.2) is 19.3 Å². The van der Waals surface area contributed by atoms with Crippen LogP contribution in [0.4, 0.5) is 0 Å². The summed E-state index contributed by atoms with van der Waals surface area (Å²) in [5.74, 6) is 1.46. The van der Waals surface area contributed by atoms with Crippen LogP contribution in [0.15, 0.2) is 30.5 Å². The summed E-state index contributed by atoms with van der Waals surface area (Å²) in [5.41, 5.74) is 2.23. The summed E-state index contributed by atoms with van der Waals surface area (Å²) in [6, 6.07) is 9.42. The molecule has 0 saturated heterocycles. The van der Waals surface area contributed by atoms with Gasteiger partial charge in [-0.25, -0.2) is 4.98 Å². The SMILES string of the molecule is CC(Cl)c1nc2ccc(C#N)cc2n1-c1ccn(C)n1. The van der Waals surface area contributed by atoms with E-state index in [1.807, 2.05) is 36.9 Å². The van der Waals surface area contributed by atoms with Gasteiger partial charge in [-0.3, -0.25) is 9.25 Å². The van der Waals surface area contributed by atoms with Crippen molar-refractivity contribution >= 4 is 22.6 Å². The van der Waals surface area contributed by atoms with E-state index in [-0.39, 0.29) is 5.38 Å². The van der Waals surface area contributed by atoms with Crippen molar-refractivity contribution in [3.8, 4) is 11.9 Å². The van der Waals surface area contributed by atoms with E-state index in [4.69, 9.17) is 16.9 Å². The maximum atomic E-state index is 9.05. The number of aromatic nitrogens is 4. The van der Waals surface area contributed by atoms with Crippen molar-refractivity contribution in [2.24, 2.45) is 7.05 Å². The lowest BCUT2D eigenvalue weighted by Gasteiger charge is -2.07. The van der Waals surface area contributed by atoms with Crippen molar-refractivity contribution in [3.05, 3.63) is 41.9 Å². The maximum Gasteiger partial charge on any atom is 0.160 e. The number of imidazole rings is 1. The van der Waals surface area contributed by atoms with Crippen molar-refractivity contribution in [1.82, 2.24) is 19.3 Å². The topological polar surface area (TPSA) is 59.4 Å². The van der Waals surface area contributed by atoms with Crippen molar-refractivity contribution in [3.63, 3.8) is 0 Å². The number of fused-ring (bicyclic) bond motifs is 1. The molecule has 20 heavy (non-hydrogen) atoms. The van der Waals surface area contributed by atoms with E-state index in [1.54, 1.807) is 16.8 Å². The Morgan fingerprint density at radius 2 is 2.15 bits per heavy atom. The predicted molar refractivity (Wildman–Crippen MR) is 76.8 cm³/mol. The summed E-state index contributed by atoms with van der Waals surface area (Å²) in [6.45, 7) is 1.87. The van der Waals surface area contributed by atoms with Gasteiger partial charge in [-0.15, -0.1) is 11.6 Å². The van der Waals surface area contributed by atoms with Gasteiger partial charge in [0.1, 0.15) is 5.82 Å². The third kappa shape index (κ3) is 1.95. The minimum absolute atomic E-state index is 0.255. The number of halogens is 1. The monoisotopic (exact) mass is 285 g/mol. The van der Waals surface area contributed by atoms with E-state index >= 15 is 0 Å². The summed E-state index contributed by atoms with van der Waals surface area (Å²) >= 11 is 6.23. The fourth-order valence-electron chi connectivity index (χ4n) is 2.19. The molecule has 5 nitrogen and oxygen atoms in total. The van der Waals surface area contributed by atoms with Crippen LogP contribution in [0.5, 0.6) is 0 Å². The molecule has 1 aromatic carbocycles. The lowest BCUT2D eigenvalue weighted by atomic mass is 10.2. The molecule has 0 fully saturated rings. The zero-order valence-corrected chi connectivity index (χ0v) is 11.8. The minimum atomic E-state index is -0.255. The highest BCUT2D eigenvalue weighted by atomic mass is 35.5. The molecule has 0 aliphatic heterocycles. The van der Waals surface area contributed by atoms with E-state index in [2.05, 4.69) is 16.2 Å². The molecule has 0 bridgehead atoms. The number of aryl methyl sites for hydroxylation is 1. The quantitative estimate of drug-likeness (QED) is 0.680. The van der Waals surface area contributed by atoms with Crippen molar-refractivity contribution < 1.29 is 0 Å². The maximum absolute atomic E-state index is 9.05. The van der Waals surface area contributed by atoms with Gasteiger partial charge in [0.2, 0.25) is 0 Å². The Balaban J connectivity index is 2.36. The Morgan fingerprint density at radius 1 is 1.35 bits per heavy atom. The molecule has 0 aliphatic rings. The largest absolute Gasteiger partial charge is 0.278 e. The van der Waals surface area contributed by atoms with Crippen LogP contribution < -0.4 is 0 Å². The minimum Gasteiger partial charge on any atom is -0.278 e. The summed E-state index contributed by atoms with van der Waals surface area (Å²) in [6.07, 6.45) is 1.86. The first-order valence-corrected chi connectivity index (χ1v) is 6.60. The Labute approximate surface area is 121 Å². The molecule has 0 spiro atoms. The van der Waals surface area contributed by atoms with Crippen LogP contribution in [-0.2, 0) is 7.05 Å². The summed E-state index contributed by atoms with van der Waals surface area (Å²) in [5, 5.41) is 13.2. The number of hydrogen-bond acceptors (Lipinski definition) is 3. The summed E-state index contributed by atoms with van der Waals surface area (Å²) in [7, 11) is 1.85. The molecule has 2 heterocycles. The van der Waals surface area contributed by atoms with Gasteiger partial charge in [-0.05, 0) is 25.1 Å². The number of alkyl halides is 1. The number of hydrogen-bond donors (Lipinski definition) is 0. The zero-order chi connectivity index (χ0) is 14.3. The Hall–Kier alpha value is -2.32. The van der Waals surface area contributed by atoms with E-state index in [0.717, 1.165) is 22.7 Å². The van der Waals surface area contributed by atoms with Gasteiger partial charge < -0.3 is 0 Å². The fraction of sp³-hybridized carbons (Fsp3) is 0.214. The first kappa shape index (κ1) is 12.7. The predicted octanol–water partition coefficient (Wildman–Crippen LogP) is 2.93. The molecule has 1 atom stereocenters. The number of nitriles is 1. The molecule has 0 N–H and O–H groups in total. The Morgan fingerprint density at radius 3 is 2.75 bits per heavy atom. The molecule has 2 aromatic heterocycles. The molecular formula is C14H12ClN5. The Kier molecular flexibility index (Phi) is 2.96. The third-order valence-corrected chi connectivity index (χ3v) is 3.29. The molecule has 6 heteroatoms. The number of benzene rings is 1. The normalized spacial score (nSPS) is 12.5. The van der Waals surface area contributed by atoms with Crippen LogP contribution in [0, 0.1) is 11.3 Å². The van der Waals surface area contributed by atoms with Crippen LogP contribution in [0.3, 0.4) is 0 Å². The lowest BCUT2D eigenvalue weighted by molar-refractivity contribution is 0.744. The lowest BCUT2D eigenvalue weighted by Crippen LogP contribution is -2.03. The molecular weight excluding hydrogens is 274 g/mol. The van der Waals surface area contributed by atoms with Crippen LogP contribution in [0.2, 0.25) is 0 Å². The van der Waals surface area contributed by atoms with Gasteiger partial charge in [0.25, 0.3) is 0 Å². The van der Waals surface area contributed by atoms with Crippen molar-refractivity contribution in [2.75, 3.05) is 0 Å². The van der Waals surface area contributed by atoms with Gasteiger partial charge >= 0.3 is 0 Å². The van der Waals surface area contributed by atoms with Gasteiger partial charge in [0, 0.05) is 19.3 Å².